The van der Waals surface area contributed by atoms with E-state index in [4.69, 9.17) is 20.7 Å². The Morgan fingerprint density at radius 2 is 2.21 bits per heavy atom. The number of halogens is 1. The molecular formula is C8H6ClNO3S. The summed E-state index contributed by atoms with van der Waals surface area (Å²) in [5.74, 6) is 0.299. The molecule has 74 valence electrons. The Balaban J connectivity index is 2.97. The monoisotopic (exact) mass is 231 g/mol. The smallest absolute Gasteiger partial charge is 0.261 e. The normalized spacial score (nSPS) is 10.6. The first-order valence-corrected chi connectivity index (χ1v) is 5.89. The second kappa shape index (κ2) is 4.31. The quantitative estimate of drug-likeness (QED) is 0.740. The van der Waals surface area contributed by atoms with E-state index in [0.29, 0.717) is 5.75 Å². The summed E-state index contributed by atoms with van der Waals surface area (Å²) in [5.41, 5.74) is 0. The molecule has 0 saturated carbocycles. The van der Waals surface area contributed by atoms with Crippen LogP contribution in [0.25, 0.3) is 0 Å². The molecule has 0 atom stereocenters. The van der Waals surface area contributed by atoms with Gasteiger partial charge in [-0.3, -0.25) is 0 Å². The number of nitrogens with zero attached hydrogens (tertiary/aromatic N) is 1. The molecule has 1 aromatic carbocycles. The molecule has 0 saturated heterocycles. The zero-order chi connectivity index (χ0) is 10.6. The maximum absolute atomic E-state index is 10.9. The van der Waals surface area contributed by atoms with Crippen LogP contribution < -0.4 is 4.74 Å². The molecule has 0 radical (unpaired) electrons. The van der Waals surface area contributed by atoms with Crippen molar-refractivity contribution in [1.29, 1.82) is 5.26 Å². The first kappa shape index (κ1) is 10.8. The lowest BCUT2D eigenvalue weighted by Gasteiger charge is -2.02. The number of ether oxygens (including phenoxy) is 1. The van der Waals surface area contributed by atoms with Gasteiger partial charge in [-0.05, 0) is 12.1 Å². The third-order valence-corrected chi connectivity index (χ3v) is 2.74. The van der Waals surface area contributed by atoms with Crippen molar-refractivity contribution < 1.29 is 13.2 Å². The summed E-state index contributed by atoms with van der Waals surface area (Å²) in [6, 6.07) is 7.41. The molecule has 0 spiro atoms. The Hall–Kier alpha value is -1.25. The van der Waals surface area contributed by atoms with E-state index in [1.165, 1.54) is 18.2 Å². The molecule has 1 aromatic rings. The van der Waals surface area contributed by atoms with Gasteiger partial charge in [0.2, 0.25) is 0 Å². The first-order valence-electron chi connectivity index (χ1n) is 3.58. The van der Waals surface area contributed by atoms with Crippen LogP contribution in [-0.4, -0.2) is 15.0 Å². The van der Waals surface area contributed by atoms with Gasteiger partial charge in [0, 0.05) is 16.7 Å². The summed E-state index contributed by atoms with van der Waals surface area (Å²) >= 11 is 0. The number of benzene rings is 1. The summed E-state index contributed by atoms with van der Waals surface area (Å²) in [5, 5.41) is 8.24. The Labute approximate surface area is 86.1 Å². The molecule has 0 aliphatic rings. The minimum absolute atomic E-state index is 0.0467. The van der Waals surface area contributed by atoms with Crippen LogP contribution in [0, 0.1) is 11.3 Å². The molecular weight excluding hydrogens is 226 g/mol. The molecule has 0 aliphatic carbocycles. The van der Waals surface area contributed by atoms with Gasteiger partial charge in [-0.1, -0.05) is 6.07 Å². The summed E-state index contributed by atoms with van der Waals surface area (Å²) in [6.07, 6.45) is 0. The summed E-state index contributed by atoms with van der Waals surface area (Å²) in [6.45, 7) is -0.133. The summed E-state index contributed by atoms with van der Waals surface area (Å²) in [4.78, 5) is -0.0467. The van der Waals surface area contributed by atoms with Gasteiger partial charge in [0.15, 0.2) is 6.61 Å². The van der Waals surface area contributed by atoms with Crippen molar-refractivity contribution >= 4 is 19.7 Å². The predicted molar refractivity (Wildman–Crippen MR) is 50.6 cm³/mol. The topological polar surface area (TPSA) is 67.2 Å². The van der Waals surface area contributed by atoms with E-state index in [2.05, 4.69) is 0 Å². The molecule has 1 rings (SSSR count). The SMILES string of the molecule is N#CCOc1cccc(S(=O)(=O)Cl)c1. The second-order valence-corrected chi connectivity index (χ2v) is 4.93. The van der Waals surface area contributed by atoms with Crippen molar-refractivity contribution in [3.63, 3.8) is 0 Å². The zero-order valence-corrected chi connectivity index (χ0v) is 8.55. The van der Waals surface area contributed by atoms with Crippen molar-refractivity contribution in [1.82, 2.24) is 0 Å². The molecule has 14 heavy (non-hydrogen) atoms. The standard InChI is InChI=1S/C8H6ClNO3S/c9-14(11,12)8-3-1-2-7(6-8)13-5-4-10/h1-3,6H,5H2. The fourth-order valence-corrected chi connectivity index (χ4v) is 1.62. The minimum Gasteiger partial charge on any atom is -0.479 e. The lowest BCUT2D eigenvalue weighted by atomic mass is 10.3. The van der Waals surface area contributed by atoms with Crippen LogP contribution in [0.5, 0.6) is 5.75 Å². The molecule has 6 heteroatoms. The van der Waals surface area contributed by atoms with Crippen LogP contribution in [0.4, 0.5) is 0 Å². The van der Waals surface area contributed by atoms with Crippen LogP contribution in [-0.2, 0) is 9.05 Å². The molecule has 4 nitrogen and oxygen atoms in total. The Morgan fingerprint density at radius 3 is 2.79 bits per heavy atom. The Bertz CT molecular complexity index is 464. The zero-order valence-electron chi connectivity index (χ0n) is 6.97. The molecule has 0 bridgehead atoms. The lowest BCUT2D eigenvalue weighted by molar-refractivity contribution is 0.367. The summed E-state index contributed by atoms with van der Waals surface area (Å²) < 4.78 is 26.7. The molecule has 0 aliphatic heterocycles. The lowest BCUT2D eigenvalue weighted by Crippen LogP contribution is -1.95. The Morgan fingerprint density at radius 1 is 1.50 bits per heavy atom. The van der Waals surface area contributed by atoms with Gasteiger partial charge in [0.05, 0.1) is 4.90 Å². The fourth-order valence-electron chi connectivity index (χ4n) is 0.831. The number of nitriles is 1. The van der Waals surface area contributed by atoms with Crippen LogP contribution >= 0.6 is 10.7 Å². The molecule has 0 N–H and O–H groups in total. The van der Waals surface area contributed by atoms with Gasteiger partial charge in [-0.15, -0.1) is 0 Å². The number of hydrogen-bond acceptors (Lipinski definition) is 4. The highest BCUT2D eigenvalue weighted by Gasteiger charge is 2.10. The van der Waals surface area contributed by atoms with Crippen molar-refractivity contribution in [2.24, 2.45) is 0 Å². The fraction of sp³-hybridized carbons (Fsp3) is 0.125. The molecule has 0 fully saturated rings. The first-order chi connectivity index (χ1) is 6.54. The van der Waals surface area contributed by atoms with Crippen LogP contribution in [0.15, 0.2) is 29.2 Å². The molecule has 0 amide bonds. The highest BCUT2D eigenvalue weighted by molar-refractivity contribution is 8.13. The van der Waals surface area contributed by atoms with E-state index in [-0.39, 0.29) is 11.5 Å². The average molecular weight is 232 g/mol. The molecule has 0 aromatic heterocycles. The van der Waals surface area contributed by atoms with Gasteiger partial charge in [0.1, 0.15) is 11.8 Å². The molecule has 0 heterocycles. The summed E-state index contributed by atoms with van der Waals surface area (Å²) in [7, 11) is 1.38. The predicted octanol–water partition coefficient (Wildman–Crippen LogP) is 1.52. The van der Waals surface area contributed by atoms with Gasteiger partial charge in [-0.2, -0.15) is 5.26 Å². The van der Waals surface area contributed by atoms with Crippen molar-refractivity contribution in [3.05, 3.63) is 24.3 Å². The van der Waals surface area contributed by atoms with Gasteiger partial charge in [0.25, 0.3) is 9.05 Å². The third kappa shape index (κ3) is 2.91. The van der Waals surface area contributed by atoms with Crippen molar-refractivity contribution in [2.75, 3.05) is 6.61 Å². The van der Waals surface area contributed by atoms with Gasteiger partial charge < -0.3 is 4.74 Å². The average Bonchev–Trinajstić information content (AvgIpc) is 2.14. The maximum Gasteiger partial charge on any atom is 0.261 e. The maximum atomic E-state index is 10.9. The van der Waals surface area contributed by atoms with Crippen LogP contribution in [0.1, 0.15) is 0 Å². The largest absolute Gasteiger partial charge is 0.479 e. The van der Waals surface area contributed by atoms with Crippen molar-refractivity contribution in [2.45, 2.75) is 4.90 Å². The molecule has 0 unspecified atom stereocenters. The minimum atomic E-state index is -3.74. The van der Waals surface area contributed by atoms with Crippen LogP contribution in [0.2, 0.25) is 0 Å². The van der Waals surface area contributed by atoms with E-state index in [0.717, 1.165) is 0 Å². The van der Waals surface area contributed by atoms with Gasteiger partial charge in [-0.25, -0.2) is 8.42 Å². The van der Waals surface area contributed by atoms with Gasteiger partial charge >= 0.3 is 0 Å². The second-order valence-electron chi connectivity index (χ2n) is 2.36. The van der Waals surface area contributed by atoms with E-state index >= 15 is 0 Å². The number of hydrogen-bond donors (Lipinski definition) is 0. The third-order valence-electron chi connectivity index (χ3n) is 1.39. The van der Waals surface area contributed by atoms with E-state index in [9.17, 15) is 8.42 Å². The highest BCUT2D eigenvalue weighted by atomic mass is 35.7. The number of rotatable bonds is 3. The Kier molecular flexibility index (Phi) is 3.33. The van der Waals surface area contributed by atoms with Crippen LogP contribution in [0.3, 0.4) is 0 Å². The van der Waals surface area contributed by atoms with E-state index < -0.39 is 9.05 Å². The van der Waals surface area contributed by atoms with E-state index in [1.54, 1.807) is 12.1 Å². The van der Waals surface area contributed by atoms with Crippen molar-refractivity contribution in [3.8, 4) is 11.8 Å². The highest BCUT2D eigenvalue weighted by Crippen LogP contribution is 2.20. The van der Waals surface area contributed by atoms with E-state index in [1.807, 2.05) is 0 Å².